The van der Waals surface area contributed by atoms with Gasteiger partial charge in [0.05, 0.1) is 5.39 Å². The lowest BCUT2D eigenvalue weighted by Gasteiger charge is -2.21. The molecule has 0 aliphatic carbocycles. The van der Waals surface area contributed by atoms with Gasteiger partial charge in [-0.25, -0.2) is 4.79 Å². The molecule has 3 rings (SSSR count). The number of aromatic nitrogens is 3. The van der Waals surface area contributed by atoms with Crippen LogP contribution in [0.4, 0.5) is 5.95 Å². The Hall–Kier alpha value is -4.15. The second kappa shape index (κ2) is 9.77. The number of rotatable bonds is 8. The highest BCUT2D eigenvalue weighted by Gasteiger charge is 2.23. The number of nitrogens with zero attached hydrogens (tertiary/aromatic N) is 1. The van der Waals surface area contributed by atoms with E-state index >= 15 is 0 Å². The maximum atomic E-state index is 12.6. The third kappa shape index (κ3) is 6.44. The number of nitrogens with one attached hydrogen (secondary N) is 4. The summed E-state index contributed by atoms with van der Waals surface area (Å²) < 4.78 is 0. The van der Waals surface area contributed by atoms with E-state index in [1.54, 1.807) is 30.3 Å². The van der Waals surface area contributed by atoms with Crippen molar-refractivity contribution in [3.63, 3.8) is 0 Å². The van der Waals surface area contributed by atoms with E-state index in [4.69, 9.17) is 5.73 Å². The van der Waals surface area contributed by atoms with Crippen molar-refractivity contribution in [2.24, 2.45) is 0 Å². The Bertz CT molecular complexity index is 1270. The first-order chi connectivity index (χ1) is 15.9. The number of benzene rings is 1. The highest BCUT2D eigenvalue weighted by Crippen LogP contribution is 2.15. The SMILES string of the molecule is CC(C)(C)NC(=O)CC[C@H](NC(=O)c1ccc(Cc2cc3c(=O)nc(N)[nH]c3[nH]2)cc1)C(=O)O. The molecule has 0 fully saturated rings. The van der Waals surface area contributed by atoms with Crippen molar-refractivity contribution in [2.75, 3.05) is 5.73 Å². The lowest BCUT2D eigenvalue weighted by molar-refractivity contribution is -0.139. The minimum atomic E-state index is -1.21. The number of carboxylic acid groups (broad SMARTS) is 1. The Morgan fingerprint density at radius 2 is 1.82 bits per heavy atom. The molecule has 180 valence electrons. The normalized spacial score (nSPS) is 12.3. The van der Waals surface area contributed by atoms with Crippen LogP contribution >= 0.6 is 0 Å². The van der Waals surface area contributed by atoms with Crippen molar-refractivity contribution >= 4 is 34.8 Å². The first-order valence-electron chi connectivity index (χ1n) is 10.7. The molecule has 2 heterocycles. The quantitative estimate of drug-likeness (QED) is 0.288. The summed E-state index contributed by atoms with van der Waals surface area (Å²) in [5.41, 5.74) is 7.11. The summed E-state index contributed by atoms with van der Waals surface area (Å²) in [5.74, 6) is -2.02. The maximum absolute atomic E-state index is 12.6. The molecular formula is C23H28N6O5. The van der Waals surface area contributed by atoms with Crippen molar-refractivity contribution in [1.82, 2.24) is 25.6 Å². The number of aliphatic carboxylic acids is 1. The summed E-state index contributed by atoms with van der Waals surface area (Å²) >= 11 is 0. The molecule has 0 unspecified atom stereocenters. The van der Waals surface area contributed by atoms with Crippen molar-refractivity contribution in [1.29, 1.82) is 0 Å². The summed E-state index contributed by atoms with van der Waals surface area (Å²) in [4.78, 5) is 57.6. The van der Waals surface area contributed by atoms with Gasteiger partial charge in [0.1, 0.15) is 11.7 Å². The molecule has 1 atom stereocenters. The Morgan fingerprint density at radius 3 is 2.44 bits per heavy atom. The molecule has 0 bridgehead atoms. The molecule has 7 N–H and O–H groups in total. The van der Waals surface area contributed by atoms with Crippen molar-refractivity contribution in [2.45, 2.75) is 51.6 Å². The predicted octanol–water partition coefficient (Wildman–Crippen LogP) is 1.30. The van der Waals surface area contributed by atoms with Gasteiger partial charge in [-0.1, -0.05) is 12.1 Å². The summed E-state index contributed by atoms with van der Waals surface area (Å²) in [5, 5.41) is 15.1. The van der Waals surface area contributed by atoms with Gasteiger partial charge in [0.2, 0.25) is 11.9 Å². The van der Waals surface area contributed by atoms with E-state index in [0.29, 0.717) is 17.5 Å². The van der Waals surface area contributed by atoms with Crippen molar-refractivity contribution in [3.05, 3.63) is 57.5 Å². The highest BCUT2D eigenvalue weighted by atomic mass is 16.4. The number of aromatic amines is 2. The molecule has 0 saturated carbocycles. The van der Waals surface area contributed by atoms with Gasteiger partial charge < -0.3 is 31.4 Å². The molecule has 1 aromatic carbocycles. The van der Waals surface area contributed by atoms with Gasteiger partial charge in [0.25, 0.3) is 11.5 Å². The minimum Gasteiger partial charge on any atom is -0.480 e. The van der Waals surface area contributed by atoms with Crippen LogP contribution < -0.4 is 21.9 Å². The van der Waals surface area contributed by atoms with Crippen molar-refractivity contribution in [3.8, 4) is 0 Å². The molecule has 2 aromatic heterocycles. The molecule has 0 aliphatic rings. The van der Waals surface area contributed by atoms with E-state index < -0.39 is 29.0 Å². The summed E-state index contributed by atoms with van der Waals surface area (Å²) in [6.45, 7) is 5.49. The van der Waals surface area contributed by atoms with Crippen LogP contribution in [-0.2, 0) is 16.0 Å². The van der Waals surface area contributed by atoms with Gasteiger partial charge in [0.15, 0.2) is 0 Å². The molecule has 0 saturated heterocycles. The first kappa shape index (κ1) is 24.5. The largest absolute Gasteiger partial charge is 0.480 e. The number of amides is 2. The van der Waals surface area contributed by atoms with Gasteiger partial charge >= 0.3 is 5.97 Å². The fourth-order valence-electron chi connectivity index (χ4n) is 3.45. The van der Waals surface area contributed by atoms with Gasteiger partial charge in [-0.3, -0.25) is 14.4 Å². The van der Waals surface area contributed by atoms with E-state index in [1.165, 1.54) is 0 Å². The zero-order chi connectivity index (χ0) is 25.0. The Labute approximate surface area is 195 Å². The van der Waals surface area contributed by atoms with Crippen LogP contribution in [0.3, 0.4) is 0 Å². The average molecular weight is 469 g/mol. The summed E-state index contributed by atoms with van der Waals surface area (Å²) in [6.07, 6.45) is 0.408. The van der Waals surface area contributed by atoms with E-state index in [-0.39, 0.29) is 30.3 Å². The Morgan fingerprint density at radius 1 is 1.15 bits per heavy atom. The first-order valence-corrected chi connectivity index (χ1v) is 10.7. The molecule has 11 heteroatoms. The number of carbonyl (C=O) groups is 3. The van der Waals surface area contributed by atoms with Crippen LogP contribution in [0.1, 0.15) is 55.2 Å². The van der Waals surface area contributed by atoms with Crippen LogP contribution in [0.15, 0.2) is 35.1 Å². The van der Waals surface area contributed by atoms with Crippen molar-refractivity contribution < 1.29 is 19.5 Å². The third-order valence-corrected chi connectivity index (χ3v) is 4.97. The number of hydrogen-bond acceptors (Lipinski definition) is 6. The molecule has 0 radical (unpaired) electrons. The second-order valence-electron chi connectivity index (χ2n) is 9.09. The number of H-pyrrole nitrogens is 2. The summed E-state index contributed by atoms with van der Waals surface area (Å²) in [6, 6.07) is 7.15. The topological polar surface area (TPSA) is 183 Å². The molecular weight excluding hydrogens is 440 g/mol. The van der Waals surface area contributed by atoms with Crippen LogP contribution in [0.5, 0.6) is 0 Å². The Kier molecular flexibility index (Phi) is 7.04. The molecule has 34 heavy (non-hydrogen) atoms. The Balaban J connectivity index is 1.62. The zero-order valence-electron chi connectivity index (χ0n) is 19.2. The number of nitrogens with two attached hydrogens (primary N) is 1. The van der Waals surface area contributed by atoms with Crippen LogP contribution in [0, 0.1) is 0 Å². The molecule has 2 amide bonds. The van der Waals surface area contributed by atoms with E-state index in [0.717, 1.165) is 11.3 Å². The number of nitrogen functional groups attached to an aromatic ring is 1. The fourth-order valence-corrected chi connectivity index (χ4v) is 3.45. The number of anilines is 1. The average Bonchev–Trinajstić information content (AvgIpc) is 3.12. The van der Waals surface area contributed by atoms with E-state index in [1.807, 2.05) is 20.8 Å². The molecule has 11 nitrogen and oxygen atoms in total. The number of carbonyl (C=O) groups excluding carboxylic acids is 2. The molecule has 0 aliphatic heterocycles. The number of fused-ring (bicyclic) bond motifs is 1. The lowest BCUT2D eigenvalue weighted by atomic mass is 10.1. The smallest absolute Gasteiger partial charge is 0.326 e. The van der Waals surface area contributed by atoms with Crippen LogP contribution in [0.2, 0.25) is 0 Å². The standard InChI is InChI=1S/C23H28N6O5/c1-23(2,3)29-17(30)9-8-16(21(33)34)26-19(31)13-6-4-12(5-7-13)10-14-11-15-18(25-14)27-22(24)28-20(15)32/h4-7,11,16H,8-10H2,1-3H3,(H,26,31)(H,29,30)(H,33,34)(H4,24,25,27,28,32)/t16-/m0/s1. The van der Waals surface area contributed by atoms with Crippen LogP contribution in [-0.4, -0.2) is 49.4 Å². The monoisotopic (exact) mass is 468 g/mol. The van der Waals surface area contributed by atoms with Gasteiger partial charge in [0, 0.05) is 29.6 Å². The zero-order valence-corrected chi connectivity index (χ0v) is 19.2. The lowest BCUT2D eigenvalue weighted by Crippen LogP contribution is -2.44. The molecule has 0 spiro atoms. The fraction of sp³-hybridized carbons (Fsp3) is 0.348. The molecule has 3 aromatic rings. The second-order valence-corrected chi connectivity index (χ2v) is 9.09. The highest BCUT2D eigenvalue weighted by molar-refractivity contribution is 5.96. The minimum absolute atomic E-state index is 0.0239. The predicted molar refractivity (Wildman–Crippen MR) is 126 cm³/mol. The summed E-state index contributed by atoms with van der Waals surface area (Å²) in [7, 11) is 0. The van der Waals surface area contributed by atoms with E-state index in [9.17, 15) is 24.3 Å². The van der Waals surface area contributed by atoms with Gasteiger partial charge in [-0.15, -0.1) is 0 Å². The number of hydrogen-bond donors (Lipinski definition) is 6. The maximum Gasteiger partial charge on any atom is 0.326 e. The van der Waals surface area contributed by atoms with Gasteiger partial charge in [-0.05, 0) is 51.0 Å². The number of carboxylic acids is 1. The third-order valence-electron chi connectivity index (χ3n) is 4.97. The van der Waals surface area contributed by atoms with Gasteiger partial charge in [-0.2, -0.15) is 4.98 Å². The van der Waals surface area contributed by atoms with E-state index in [2.05, 4.69) is 25.6 Å². The van der Waals surface area contributed by atoms with Crippen LogP contribution in [0.25, 0.3) is 11.0 Å².